The maximum Gasteiger partial charge on any atom is 0.141 e. The summed E-state index contributed by atoms with van der Waals surface area (Å²) in [7, 11) is 0. The lowest BCUT2D eigenvalue weighted by molar-refractivity contribution is 0.472. The van der Waals surface area contributed by atoms with Crippen molar-refractivity contribution in [2.24, 2.45) is 5.73 Å². The first-order valence-corrected chi connectivity index (χ1v) is 6.81. The average Bonchev–Trinajstić information content (AvgIpc) is 2.32. The molecule has 100 valence electrons. The summed E-state index contributed by atoms with van der Waals surface area (Å²) >= 11 is 3.43. The van der Waals surface area contributed by atoms with E-state index in [9.17, 15) is 4.39 Å². The Morgan fingerprint density at radius 2 is 2.00 bits per heavy atom. The summed E-state index contributed by atoms with van der Waals surface area (Å²) < 4.78 is 20.0. The highest BCUT2D eigenvalue weighted by Gasteiger charge is 2.06. The summed E-state index contributed by atoms with van der Waals surface area (Å²) in [4.78, 5) is 0. The summed E-state index contributed by atoms with van der Waals surface area (Å²) in [5.74, 6) is 0.826. The minimum absolute atomic E-state index is 0.316. The van der Waals surface area contributed by atoms with E-state index < -0.39 is 0 Å². The molecule has 0 fully saturated rings. The lowest BCUT2D eigenvalue weighted by Gasteiger charge is -2.10. The van der Waals surface area contributed by atoms with Gasteiger partial charge in [0, 0.05) is 6.07 Å². The average molecular weight is 324 g/mol. The third-order valence-electron chi connectivity index (χ3n) is 2.68. The predicted octanol–water partition coefficient (Wildman–Crippen LogP) is 4.19. The quantitative estimate of drug-likeness (QED) is 0.915. The van der Waals surface area contributed by atoms with Gasteiger partial charge in [-0.05, 0) is 71.2 Å². The Balaban J connectivity index is 2.27. The molecule has 0 amide bonds. The van der Waals surface area contributed by atoms with E-state index in [1.165, 1.54) is 12.1 Å². The number of aryl methyl sites for hydroxylation is 1. The smallest absolute Gasteiger partial charge is 0.141 e. The van der Waals surface area contributed by atoms with Crippen molar-refractivity contribution in [3.63, 3.8) is 0 Å². The zero-order valence-corrected chi connectivity index (χ0v) is 12.2. The molecule has 0 radical (unpaired) electrons. The fourth-order valence-corrected chi connectivity index (χ4v) is 2.38. The number of hydrogen-bond donors (Lipinski definition) is 1. The fraction of sp³-hybridized carbons (Fsp3) is 0.200. The van der Waals surface area contributed by atoms with Crippen LogP contribution < -0.4 is 10.5 Å². The first kappa shape index (κ1) is 14.0. The van der Waals surface area contributed by atoms with E-state index in [0.29, 0.717) is 24.5 Å². The first-order chi connectivity index (χ1) is 9.08. The fourth-order valence-electron chi connectivity index (χ4n) is 1.81. The second-order valence-electron chi connectivity index (χ2n) is 4.37. The zero-order chi connectivity index (χ0) is 13.8. The van der Waals surface area contributed by atoms with Crippen LogP contribution in [0.3, 0.4) is 0 Å². The largest absolute Gasteiger partial charge is 0.456 e. The number of hydrogen-bond acceptors (Lipinski definition) is 2. The first-order valence-electron chi connectivity index (χ1n) is 6.02. The molecule has 0 saturated carbocycles. The minimum Gasteiger partial charge on any atom is -0.456 e. The molecule has 2 N–H and O–H groups in total. The number of ether oxygens (including phenoxy) is 1. The molecule has 0 bridgehead atoms. The number of nitrogens with two attached hydrogens (primary N) is 1. The number of benzene rings is 2. The number of halogens is 2. The molecule has 2 aromatic rings. The van der Waals surface area contributed by atoms with Crippen LogP contribution in [0.2, 0.25) is 0 Å². The van der Waals surface area contributed by atoms with Crippen molar-refractivity contribution in [3.05, 3.63) is 57.8 Å². The van der Waals surface area contributed by atoms with Gasteiger partial charge in [0.1, 0.15) is 17.3 Å². The van der Waals surface area contributed by atoms with E-state index in [0.717, 1.165) is 15.6 Å². The third-order valence-corrected chi connectivity index (χ3v) is 3.30. The molecule has 0 aliphatic rings. The van der Waals surface area contributed by atoms with Crippen molar-refractivity contribution < 1.29 is 9.13 Å². The van der Waals surface area contributed by atoms with E-state index in [4.69, 9.17) is 10.5 Å². The molecule has 4 heteroatoms. The highest BCUT2D eigenvalue weighted by molar-refractivity contribution is 9.10. The van der Waals surface area contributed by atoms with Gasteiger partial charge in [0.15, 0.2) is 0 Å². The van der Waals surface area contributed by atoms with Crippen LogP contribution in [0, 0.1) is 12.7 Å². The Kier molecular flexibility index (Phi) is 4.56. The second-order valence-corrected chi connectivity index (χ2v) is 5.22. The lowest BCUT2D eigenvalue weighted by atomic mass is 10.1. The van der Waals surface area contributed by atoms with E-state index in [1.54, 1.807) is 0 Å². The minimum atomic E-state index is -0.316. The Labute approximate surface area is 120 Å². The molecule has 0 unspecified atom stereocenters. The molecule has 0 atom stereocenters. The van der Waals surface area contributed by atoms with Gasteiger partial charge in [0.2, 0.25) is 0 Å². The highest BCUT2D eigenvalue weighted by Crippen LogP contribution is 2.31. The molecule has 19 heavy (non-hydrogen) atoms. The van der Waals surface area contributed by atoms with Crippen LogP contribution in [0.25, 0.3) is 0 Å². The summed E-state index contributed by atoms with van der Waals surface area (Å²) in [5, 5.41) is 0. The van der Waals surface area contributed by atoms with Crippen molar-refractivity contribution in [3.8, 4) is 11.5 Å². The van der Waals surface area contributed by atoms with Crippen LogP contribution in [-0.4, -0.2) is 6.54 Å². The zero-order valence-electron chi connectivity index (χ0n) is 10.6. The van der Waals surface area contributed by atoms with E-state index in [1.807, 2.05) is 31.2 Å². The van der Waals surface area contributed by atoms with Gasteiger partial charge < -0.3 is 10.5 Å². The maximum atomic E-state index is 13.5. The van der Waals surface area contributed by atoms with E-state index >= 15 is 0 Å². The molecule has 2 nitrogen and oxygen atoms in total. The predicted molar refractivity (Wildman–Crippen MR) is 78.1 cm³/mol. The highest BCUT2D eigenvalue weighted by atomic mass is 79.9. The molecule has 2 aromatic carbocycles. The van der Waals surface area contributed by atoms with Crippen molar-refractivity contribution >= 4 is 15.9 Å². The van der Waals surface area contributed by atoms with Gasteiger partial charge in [0.25, 0.3) is 0 Å². The summed E-state index contributed by atoms with van der Waals surface area (Å²) in [6, 6.07) is 10.4. The Morgan fingerprint density at radius 3 is 2.68 bits per heavy atom. The van der Waals surface area contributed by atoms with Crippen molar-refractivity contribution in [2.75, 3.05) is 6.54 Å². The Hall–Kier alpha value is -1.39. The lowest BCUT2D eigenvalue weighted by Crippen LogP contribution is -2.03. The van der Waals surface area contributed by atoms with Gasteiger partial charge >= 0.3 is 0 Å². The van der Waals surface area contributed by atoms with Gasteiger partial charge in [0.05, 0.1) is 4.47 Å². The van der Waals surface area contributed by atoms with Gasteiger partial charge in [-0.1, -0.05) is 6.07 Å². The molecule has 0 aromatic heterocycles. The standard InChI is InChI=1S/C15H15BrFNO/c1-10-2-3-15(14(16)6-10)19-13-8-11(4-5-18)7-12(17)9-13/h2-3,6-9H,4-5,18H2,1H3. The van der Waals surface area contributed by atoms with E-state index in [-0.39, 0.29) is 5.82 Å². The third kappa shape index (κ3) is 3.78. The van der Waals surface area contributed by atoms with E-state index in [2.05, 4.69) is 15.9 Å². The van der Waals surface area contributed by atoms with Gasteiger partial charge in [-0.2, -0.15) is 0 Å². The van der Waals surface area contributed by atoms with Gasteiger partial charge in [-0.25, -0.2) is 4.39 Å². The molecular weight excluding hydrogens is 309 g/mol. The summed E-state index contributed by atoms with van der Waals surface area (Å²) in [6.45, 7) is 2.48. The van der Waals surface area contributed by atoms with Crippen LogP contribution in [0.15, 0.2) is 40.9 Å². The number of rotatable bonds is 4. The van der Waals surface area contributed by atoms with Crippen molar-refractivity contribution in [1.82, 2.24) is 0 Å². The molecular formula is C15H15BrFNO. The maximum absolute atomic E-state index is 13.5. The van der Waals surface area contributed by atoms with Crippen LogP contribution in [0.1, 0.15) is 11.1 Å². The topological polar surface area (TPSA) is 35.2 Å². The van der Waals surface area contributed by atoms with Gasteiger partial charge in [-0.15, -0.1) is 0 Å². The van der Waals surface area contributed by atoms with Crippen molar-refractivity contribution in [2.45, 2.75) is 13.3 Å². The van der Waals surface area contributed by atoms with Crippen LogP contribution in [0.5, 0.6) is 11.5 Å². The molecule has 0 heterocycles. The second kappa shape index (κ2) is 6.17. The Morgan fingerprint density at radius 1 is 1.21 bits per heavy atom. The molecule has 0 aliphatic heterocycles. The summed E-state index contributed by atoms with van der Waals surface area (Å²) in [6.07, 6.45) is 0.628. The molecule has 2 rings (SSSR count). The summed E-state index contributed by atoms with van der Waals surface area (Å²) in [5.41, 5.74) is 7.44. The monoisotopic (exact) mass is 323 g/mol. The van der Waals surface area contributed by atoms with Crippen LogP contribution in [0.4, 0.5) is 4.39 Å². The normalized spacial score (nSPS) is 10.5. The molecule has 0 aliphatic carbocycles. The molecule has 0 saturated heterocycles. The Bertz CT molecular complexity index is 586. The molecule has 0 spiro atoms. The van der Waals surface area contributed by atoms with Gasteiger partial charge in [-0.3, -0.25) is 0 Å². The SMILES string of the molecule is Cc1ccc(Oc2cc(F)cc(CCN)c2)c(Br)c1. The van der Waals surface area contributed by atoms with Crippen molar-refractivity contribution in [1.29, 1.82) is 0 Å². The van der Waals surface area contributed by atoms with Crippen LogP contribution in [-0.2, 0) is 6.42 Å². The van der Waals surface area contributed by atoms with Crippen LogP contribution >= 0.6 is 15.9 Å².